The van der Waals surface area contributed by atoms with Crippen LogP contribution >= 0.6 is 0 Å². The summed E-state index contributed by atoms with van der Waals surface area (Å²) < 4.78 is 10.7. The standard InChI is InChI=1S/C11H10O3/c1-2-9(12)8-4-3-5-10-11(8)14-7-6-13-10/h2-5H,1,6-7H2. The van der Waals surface area contributed by atoms with Gasteiger partial charge in [-0.1, -0.05) is 12.6 Å². The Hall–Kier alpha value is -1.77. The molecule has 0 aliphatic carbocycles. The number of carbonyl (C=O) groups is 1. The summed E-state index contributed by atoms with van der Waals surface area (Å²) in [7, 11) is 0. The number of hydrogen-bond acceptors (Lipinski definition) is 3. The van der Waals surface area contributed by atoms with Gasteiger partial charge in [-0.3, -0.25) is 4.79 Å². The Morgan fingerprint density at radius 3 is 2.93 bits per heavy atom. The van der Waals surface area contributed by atoms with Crippen molar-refractivity contribution in [1.29, 1.82) is 0 Å². The SMILES string of the molecule is C=CC(=O)c1cccc2c1OCCO2. The van der Waals surface area contributed by atoms with Crippen molar-refractivity contribution in [3.05, 3.63) is 36.4 Å². The Morgan fingerprint density at radius 1 is 1.36 bits per heavy atom. The Balaban J connectivity index is 2.50. The third kappa shape index (κ3) is 1.37. The van der Waals surface area contributed by atoms with Crippen molar-refractivity contribution < 1.29 is 14.3 Å². The van der Waals surface area contributed by atoms with Gasteiger partial charge in [-0.2, -0.15) is 0 Å². The Kier molecular flexibility index (Phi) is 2.23. The van der Waals surface area contributed by atoms with E-state index >= 15 is 0 Å². The zero-order valence-corrected chi connectivity index (χ0v) is 7.66. The quantitative estimate of drug-likeness (QED) is 0.527. The minimum Gasteiger partial charge on any atom is -0.486 e. The molecule has 14 heavy (non-hydrogen) atoms. The van der Waals surface area contributed by atoms with Gasteiger partial charge in [0.05, 0.1) is 5.56 Å². The van der Waals surface area contributed by atoms with Crippen LogP contribution in [0.4, 0.5) is 0 Å². The molecule has 0 bridgehead atoms. The molecular formula is C11H10O3. The van der Waals surface area contributed by atoms with Crippen molar-refractivity contribution in [2.45, 2.75) is 0 Å². The Morgan fingerprint density at radius 2 is 2.14 bits per heavy atom. The van der Waals surface area contributed by atoms with Gasteiger partial charge < -0.3 is 9.47 Å². The maximum Gasteiger partial charge on any atom is 0.189 e. The summed E-state index contributed by atoms with van der Waals surface area (Å²) in [6, 6.07) is 5.26. The van der Waals surface area contributed by atoms with E-state index in [2.05, 4.69) is 6.58 Å². The van der Waals surface area contributed by atoms with Gasteiger partial charge in [-0.25, -0.2) is 0 Å². The average molecular weight is 190 g/mol. The van der Waals surface area contributed by atoms with Crippen LogP contribution in [0.5, 0.6) is 11.5 Å². The first-order valence-corrected chi connectivity index (χ1v) is 4.38. The number of ketones is 1. The second-order valence-electron chi connectivity index (χ2n) is 2.90. The van der Waals surface area contributed by atoms with E-state index in [0.717, 1.165) is 0 Å². The predicted molar refractivity (Wildman–Crippen MR) is 52.0 cm³/mol. The van der Waals surface area contributed by atoms with E-state index in [0.29, 0.717) is 30.3 Å². The first-order valence-electron chi connectivity index (χ1n) is 4.38. The monoisotopic (exact) mass is 190 g/mol. The van der Waals surface area contributed by atoms with Crippen LogP contribution in [-0.2, 0) is 0 Å². The van der Waals surface area contributed by atoms with E-state index in [1.165, 1.54) is 6.08 Å². The zero-order chi connectivity index (χ0) is 9.97. The molecule has 3 heteroatoms. The lowest BCUT2D eigenvalue weighted by molar-refractivity contribution is 0.103. The molecule has 2 rings (SSSR count). The zero-order valence-electron chi connectivity index (χ0n) is 7.66. The molecule has 1 heterocycles. The van der Waals surface area contributed by atoms with Crippen molar-refractivity contribution in [3.63, 3.8) is 0 Å². The summed E-state index contributed by atoms with van der Waals surface area (Å²) in [6.07, 6.45) is 1.27. The molecule has 0 saturated heterocycles. The second-order valence-corrected chi connectivity index (χ2v) is 2.90. The second kappa shape index (κ2) is 3.54. The van der Waals surface area contributed by atoms with Crippen molar-refractivity contribution in [2.24, 2.45) is 0 Å². The first kappa shape index (κ1) is 8.81. The van der Waals surface area contributed by atoms with Crippen LogP contribution in [0.1, 0.15) is 10.4 Å². The van der Waals surface area contributed by atoms with Gasteiger partial charge in [-0.15, -0.1) is 0 Å². The fraction of sp³-hybridized carbons (Fsp3) is 0.182. The maximum atomic E-state index is 11.4. The number of para-hydroxylation sites is 1. The molecule has 0 saturated carbocycles. The Bertz CT molecular complexity index is 382. The molecule has 0 amide bonds. The molecule has 0 aromatic heterocycles. The van der Waals surface area contributed by atoms with Crippen molar-refractivity contribution in [3.8, 4) is 11.5 Å². The number of rotatable bonds is 2. The highest BCUT2D eigenvalue weighted by Crippen LogP contribution is 2.33. The molecule has 0 atom stereocenters. The lowest BCUT2D eigenvalue weighted by Crippen LogP contribution is -2.17. The maximum absolute atomic E-state index is 11.4. The number of ether oxygens (including phenoxy) is 2. The minimum atomic E-state index is -0.146. The molecule has 0 spiro atoms. The van der Waals surface area contributed by atoms with E-state index in [-0.39, 0.29) is 5.78 Å². The van der Waals surface area contributed by atoms with Crippen LogP contribution in [0.15, 0.2) is 30.9 Å². The smallest absolute Gasteiger partial charge is 0.189 e. The van der Waals surface area contributed by atoms with E-state index in [4.69, 9.17) is 9.47 Å². The molecule has 1 aliphatic rings. The van der Waals surface area contributed by atoms with Gasteiger partial charge in [0.25, 0.3) is 0 Å². The summed E-state index contributed by atoms with van der Waals surface area (Å²) in [5.74, 6) is 1.01. The number of hydrogen-bond donors (Lipinski definition) is 0. The van der Waals surface area contributed by atoms with Crippen LogP contribution in [0.25, 0.3) is 0 Å². The molecule has 3 nitrogen and oxygen atoms in total. The largest absolute Gasteiger partial charge is 0.486 e. The third-order valence-corrected chi connectivity index (χ3v) is 2.02. The lowest BCUT2D eigenvalue weighted by Gasteiger charge is -2.19. The molecule has 0 unspecified atom stereocenters. The molecule has 1 aromatic rings. The summed E-state index contributed by atoms with van der Waals surface area (Å²) in [5.41, 5.74) is 0.511. The highest BCUT2D eigenvalue weighted by Gasteiger charge is 2.18. The van der Waals surface area contributed by atoms with Gasteiger partial charge in [0.1, 0.15) is 13.2 Å². The van der Waals surface area contributed by atoms with Gasteiger partial charge in [0.15, 0.2) is 17.3 Å². The minimum absolute atomic E-state index is 0.146. The highest BCUT2D eigenvalue weighted by molar-refractivity contribution is 6.06. The fourth-order valence-corrected chi connectivity index (χ4v) is 1.38. The van der Waals surface area contributed by atoms with Gasteiger partial charge in [-0.05, 0) is 18.2 Å². The van der Waals surface area contributed by atoms with E-state index in [1.54, 1.807) is 18.2 Å². The van der Waals surface area contributed by atoms with Gasteiger partial charge >= 0.3 is 0 Å². The highest BCUT2D eigenvalue weighted by atomic mass is 16.6. The lowest BCUT2D eigenvalue weighted by atomic mass is 10.1. The number of fused-ring (bicyclic) bond motifs is 1. The predicted octanol–water partition coefficient (Wildman–Crippen LogP) is 1.83. The average Bonchev–Trinajstić information content (AvgIpc) is 2.27. The normalized spacial score (nSPS) is 13.4. The van der Waals surface area contributed by atoms with Crippen LogP contribution < -0.4 is 9.47 Å². The number of allylic oxidation sites excluding steroid dienone is 1. The van der Waals surface area contributed by atoms with Crippen LogP contribution in [0.3, 0.4) is 0 Å². The molecule has 1 aliphatic heterocycles. The summed E-state index contributed by atoms with van der Waals surface area (Å²) in [6.45, 7) is 4.45. The number of benzene rings is 1. The van der Waals surface area contributed by atoms with Gasteiger partial charge in [0.2, 0.25) is 0 Å². The van der Waals surface area contributed by atoms with Crippen LogP contribution in [0.2, 0.25) is 0 Å². The van der Waals surface area contributed by atoms with Crippen molar-refractivity contribution >= 4 is 5.78 Å². The fourth-order valence-electron chi connectivity index (χ4n) is 1.38. The summed E-state index contributed by atoms with van der Waals surface area (Å²) in [4.78, 5) is 11.4. The molecule has 72 valence electrons. The molecular weight excluding hydrogens is 180 g/mol. The number of carbonyl (C=O) groups excluding carboxylic acids is 1. The van der Waals surface area contributed by atoms with Crippen LogP contribution in [-0.4, -0.2) is 19.0 Å². The Labute approximate surface area is 81.9 Å². The van der Waals surface area contributed by atoms with E-state index in [9.17, 15) is 4.79 Å². The summed E-state index contributed by atoms with van der Waals surface area (Å²) in [5, 5.41) is 0. The van der Waals surface area contributed by atoms with Crippen LogP contribution in [0, 0.1) is 0 Å². The van der Waals surface area contributed by atoms with Crippen molar-refractivity contribution in [2.75, 3.05) is 13.2 Å². The molecule has 0 radical (unpaired) electrons. The third-order valence-electron chi connectivity index (χ3n) is 2.02. The van der Waals surface area contributed by atoms with Gasteiger partial charge in [0, 0.05) is 0 Å². The van der Waals surface area contributed by atoms with E-state index < -0.39 is 0 Å². The first-order chi connectivity index (χ1) is 6.83. The molecule has 0 fully saturated rings. The van der Waals surface area contributed by atoms with E-state index in [1.807, 2.05) is 0 Å². The molecule has 0 N–H and O–H groups in total. The topological polar surface area (TPSA) is 35.5 Å². The van der Waals surface area contributed by atoms with Crippen molar-refractivity contribution in [1.82, 2.24) is 0 Å². The molecule has 1 aromatic carbocycles. The summed E-state index contributed by atoms with van der Waals surface area (Å²) >= 11 is 0.